The Morgan fingerprint density at radius 3 is 2.61 bits per heavy atom. The molecule has 3 amide bonds. The van der Waals surface area contributed by atoms with Crippen molar-refractivity contribution in [2.24, 2.45) is 13.0 Å². The Morgan fingerprint density at radius 2 is 2.00 bits per heavy atom. The Kier molecular flexibility index (Phi) is 4.47. The molecule has 148 valence electrons. The quantitative estimate of drug-likeness (QED) is 0.636. The summed E-state index contributed by atoms with van der Waals surface area (Å²) in [7, 11) is -1.92. The molecular formula is C18H21N5O4S. The fraction of sp³-hybridized carbons (Fsp3) is 0.389. The van der Waals surface area contributed by atoms with Crippen molar-refractivity contribution in [2.75, 3.05) is 6.54 Å². The topological polar surface area (TPSA) is 122 Å². The number of urea groups is 1. The molecule has 1 aliphatic heterocycles. The second-order valence-electron chi connectivity index (χ2n) is 7.19. The van der Waals surface area contributed by atoms with Gasteiger partial charge in [-0.2, -0.15) is 5.10 Å². The Hall–Kier alpha value is -2.72. The molecule has 0 radical (unpaired) electrons. The SMILES string of the molecule is Cn1nccc1-c1ccc(S(=O)(=O)NCC2CCCC23NC(=O)NC3=O)cc1. The molecule has 2 unspecified atom stereocenters. The highest BCUT2D eigenvalue weighted by atomic mass is 32.2. The van der Waals surface area contributed by atoms with E-state index in [0.29, 0.717) is 12.8 Å². The van der Waals surface area contributed by atoms with Crippen molar-refractivity contribution in [3.05, 3.63) is 36.5 Å². The molecule has 1 saturated heterocycles. The van der Waals surface area contributed by atoms with E-state index in [1.54, 1.807) is 35.1 Å². The summed E-state index contributed by atoms with van der Waals surface area (Å²) in [6.07, 6.45) is 3.60. The smallest absolute Gasteiger partial charge is 0.322 e. The van der Waals surface area contributed by atoms with E-state index in [2.05, 4.69) is 20.5 Å². The number of imide groups is 1. The Morgan fingerprint density at radius 1 is 1.25 bits per heavy atom. The van der Waals surface area contributed by atoms with E-state index in [-0.39, 0.29) is 23.3 Å². The van der Waals surface area contributed by atoms with Crippen molar-refractivity contribution in [2.45, 2.75) is 29.7 Å². The van der Waals surface area contributed by atoms with Crippen molar-refractivity contribution in [3.63, 3.8) is 0 Å². The standard InChI is InChI=1S/C18H21N5O4S/c1-23-15(8-10-19-23)12-4-6-14(7-5-12)28(26,27)20-11-13-3-2-9-18(13)16(24)21-17(25)22-18/h4-8,10,13,20H,2-3,9,11H2,1H3,(H2,21,22,24,25). The molecule has 1 aromatic carbocycles. The number of amides is 3. The summed E-state index contributed by atoms with van der Waals surface area (Å²) in [4.78, 5) is 23.9. The maximum absolute atomic E-state index is 12.7. The number of aromatic nitrogens is 2. The van der Waals surface area contributed by atoms with Crippen molar-refractivity contribution in [1.82, 2.24) is 25.1 Å². The first kappa shape index (κ1) is 18.6. The molecule has 28 heavy (non-hydrogen) atoms. The lowest BCUT2D eigenvalue weighted by Crippen LogP contribution is -2.53. The average molecular weight is 403 g/mol. The number of sulfonamides is 1. The Bertz CT molecular complexity index is 1030. The van der Waals surface area contributed by atoms with Crippen LogP contribution < -0.4 is 15.4 Å². The van der Waals surface area contributed by atoms with Gasteiger partial charge >= 0.3 is 6.03 Å². The zero-order valence-electron chi connectivity index (χ0n) is 15.3. The third kappa shape index (κ3) is 3.08. The van der Waals surface area contributed by atoms with E-state index in [9.17, 15) is 18.0 Å². The molecule has 2 fully saturated rings. The highest BCUT2D eigenvalue weighted by molar-refractivity contribution is 7.89. The third-order valence-corrected chi connectivity index (χ3v) is 7.03. The highest BCUT2D eigenvalue weighted by Gasteiger charge is 2.54. The second-order valence-corrected chi connectivity index (χ2v) is 8.95. The zero-order valence-corrected chi connectivity index (χ0v) is 16.1. The highest BCUT2D eigenvalue weighted by Crippen LogP contribution is 2.37. The van der Waals surface area contributed by atoms with E-state index in [0.717, 1.165) is 17.7 Å². The summed E-state index contributed by atoms with van der Waals surface area (Å²) in [5, 5.41) is 9.06. The first-order valence-electron chi connectivity index (χ1n) is 9.03. The van der Waals surface area contributed by atoms with Crippen LogP contribution in [0.15, 0.2) is 41.4 Å². The first-order chi connectivity index (χ1) is 13.3. The minimum atomic E-state index is -3.74. The van der Waals surface area contributed by atoms with Crippen LogP contribution in [0.3, 0.4) is 0 Å². The number of hydrogen-bond acceptors (Lipinski definition) is 5. The van der Waals surface area contributed by atoms with Crippen LogP contribution in [0, 0.1) is 5.92 Å². The van der Waals surface area contributed by atoms with Gasteiger partial charge < -0.3 is 5.32 Å². The lowest BCUT2D eigenvalue weighted by Gasteiger charge is -2.28. The van der Waals surface area contributed by atoms with Gasteiger partial charge in [0, 0.05) is 25.7 Å². The molecule has 0 bridgehead atoms. The van der Waals surface area contributed by atoms with E-state index < -0.39 is 21.6 Å². The summed E-state index contributed by atoms with van der Waals surface area (Å²) in [6, 6.07) is 7.87. The van der Waals surface area contributed by atoms with Crippen LogP contribution in [-0.2, 0) is 21.9 Å². The Balaban J connectivity index is 1.48. The fourth-order valence-electron chi connectivity index (χ4n) is 4.08. The van der Waals surface area contributed by atoms with E-state index in [1.165, 1.54) is 0 Å². The van der Waals surface area contributed by atoms with Crippen molar-refractivity contribution in [3.8, 4) is 11.3 Å². The van der Waals surface area contributed by atoms with Gasteiger partial charge in [0.15, 0.2) is 0 Å². The molecule has 1 spiro atoms. The molecule has 3 N–H and O–H groups in total. The number of carbonyl (C=O) groups excluding carboxylic acids is 2. The molecular weight excluding hydrogens is 382 g/mol. The van der Waals surface area contributed by atoms with Crippen LogP contribution >= 0.6 is 0 Å². The summed E-state index contributed by atoms with van der Waals surface area (Å²) in [5.74, 6) is -0.665. The second kappa shape index (κ2) is 6.71. The molecule has 2 aliphatic rings. The lowest BCUT2D eigenvalue weighted by atomic mass is 9.87. The van der Waals surface area contributed by atoms with Crippen LogP contribution in [-0.4, -0.2) is 42.2 Å². The molecule has 2 atom stereocenters. The van der Waals surface area contributed by atoms with Crippen molar-refractivity contribution in [1.29, 1.82) is 0 Å². The van der Waals surface area contributed by atoms with Gasteiger partial charge in [-0.1, -0.05) is 18.6 Å². The first-order valence-corrected chi connectivity index (χ1v) is 10.5. The molecule has 2 heterocycles. The molecule has 9 nitrogen and oxygen atoms in total. The van der Waals surface area contributed by atoms with Gasteiger partial charge in [0.05, 0.1) is 10.6 Å². The predicted octanol–water partition coefficient (Wildman–Crippen LogP) is 0.744. The average Bonchev–Trinajstić information content (AvgIpc) is 3.34. The molecule has 1 aromatic heterocycles. The maximum Gasteiger partial charge on any atom is 0.322 e. The van der Waals surface area contributed by atoms with E-state index in [1.807, 2.05) is 13.1 Å². The number of carbonyl (C=O) groups is 2. The molecule has 1 saturated carbocycles. The van der Waals surface area contributed by atoms with Gasteiger partial charge in [0.2, 0.25) is 10.0 Å². The van der Waals surface area contributed by atoms with Gasteiger partial charge in [-0.05, 0) is 36.6 Å². The summed E-state index contributed by atoms with van der Waals surface area (Å²) >= 11 is 0. The molecule has 4 rings (SSSR count). The van der Waals surface area contributed by atoms with Crippen LogP contribution in [0.4, 0.5) is 4.79 Å². The van der Waals surface area contributed by atoms with Crippen LogP contribution in [0.2, 0.25) is 0 Å². The lowest BCUT2D eigenvalue weighted by molar-refractivity contribution is -0.125. The monoisotopic (exact) mass is 403 g/mol. The number of nitrogens with zero attached hydrogens (tertiary/aromatic N) is 2. The van der Waals surface area contributed by atoms with Crippen LogP contribution in [0.5, 0.6) is 0 Å². The number of nitrogens with one attached hydrogen (secondary N) is 3. The normalized spacial score (nSPS) is 24.5. The Labute approximate surface area is 162 Å². The zero-order chi connectivity index (χ0) is 19.9. The number of rotatable bonds is 5. The third-order valence-electron chi connectivity index (χ3n) is 5.59. The number of aryl methyl sites for hydroxylation is 1. The van der Waals surface area contributed by atoms with Gasteiger partial charge in [-0.15, -0.1) is 0 Å². The number of benzene rings is 1. The maximum atomic E-state index is 12.7. The summed E-state index contributed by atoms with van der Waals surface area (Å²) in [6.45, 7) is 0.0829. The summed E-state index contributed by atoms with van der Waals surface area (Å²) < 4.78 is 29.7. The minimum Gasteiger partial charge on any atom is -0.323 e. The van der Waals surface area contributed by atoms with Gasteiger partial charge in [0.1, 0.15) is 5.54 Å². The van der Waals surface area contributed by atoms with E-state index in [4.69, 9.17) is 0 Å². The number of hydrogen-bond donors (Lipinski definition) is 3. The summed E-state index contributed by atoms with van der Waals surface area (Å²) in [5.41, 5.74) is 0.732. The molecule has 2 aromatic rings. The molecule has 10 heteroatoms. The largest absolute Gasteiger partial charge is 0.323 e. The predicted molar refractivity (Wildman–Crippen MR) is 101 cm³/mol. The van der Waals surface area contributed by atoms with Crippen molar-refractivity contribution >= 4 is 22.0 Å². The van der Waals surface area contributed by atoms with E-state index >= 15 is 0 Å². The molecule has 1 aliphatic carbocycles. The van der Waals surface area contributed by atoms with Crippen molar-refractivity contribution < 1.29 is 18.0 Å². The fourth-order valence-corrected chi connectivity index (χ4v) is 5.16. The van der Waals surface area contributed by atoms with Gasteiger partial charge in [0.25, 0.3) is 5.91 Å². The van der Waals surface area contributed by atoms with Crippen LogP contribution in [0.25, 0.3) is 11.3 Å². The van der Waals surface area contributed by atoms with Crippen LogP contribution in [0.1, 0.15) is 19.3 Å². The minimum absolute atomic E-state index is 0.0829. The van der Waals surface area contributed by atoms with Gasteiger partial charge in [-0.25, -0.2) is 17.9 Å². The van der Waals surface area contributed by atoms with Gasteiger partial charge in [-0.3, -0.25) is 14.8 Å².